The van der Waals surface area contributed by atoms with E-state index in [0.29, 0.717) is 6.04 Å². The molecular formula is C17H17N. The van der Waals surface area contributed by atoms with Crippen molar-refractivity contribution in [2.45, 2.75) is 30.7 Å². The lowest BCUT2D eigenvalue weighted by atomic mass is 9.72. The van der Waals surface area contributed by atoms with Crippen LogP contribution in [0.4, 0.5) is 5.69 Å². The average Bonchev–Trinajstić information content (AvgIpc) is 2.96. The molecule has 0 saturated heterocycles. The Morgan fingerprint density at radius 3 is 2.61 bits per heavy atom. The second-order valence-corrected chi connectivity index (χ2v) is 5.47. The van der Waals surface area contributed by atoms with Crippen LogP contribution >= 0.6 is 0 Å². The third kappa shape index (κ3) is 1.17. The number of hydrogen-bond acceptors (Lipinski definition) is 1. The molecule has 1 aliphatic heterocycles. The Balaban J connectivity index is 1.97. The van der Waals surface area contributed by atoms with E-state index in [4.69, 9.17) is 0 Å². The molecule has 1 heteroatoms. The van der Waals surface area contributed by atoms with Crippen molar-refractivity contribution < 1.29 is 0 Å². The van der Waals surface area contributed by atoms with Gasteiger partial charge in [-0.1, -0.05) is 55.0 Å². The fourth-order valence-corrected chi connectivity index (χ4v) is 3.95. The lowest BCUT2D eigenvalue weighted by Crippen LogP contribution is -2.34. The average molecular weight is 235 g/mol. The maximum atomic E-state index is 3.74. The van der Waals surface area contributed by atoms with Gasteiger partial charge in [0.1, 0.15) is 0 Å². The predicted molar refractivity (Wildman–Crippen MR) is 74.9 cm³/mol. The molecule has 1 aliphatic carbocycles. The zero-order chi connectivity index (χ0) is 12.0. The Labute approximate surface area is 108 Å². The predicted octanol–water partition coefficient (Wildman–Crippen LogP) is 3.95. The van der Waals surface area contributed by atoms with E-state index in [2.05, 4.69) is 59.9 Å². The number of anilines is 1. The number of fused-ring (bicyclic) bond motifs is 3. The van der Waals surface area contributed by atoms with E-state index in [1.54, 1.807) is 0 Å². The van der Waals surface area contributed by atoms with Crippen molar-refractivity contribution >= 4 is 5.69 Å². The quantitative estimate of drug-likeness (QED) is 0.789. The first kappa shape index (κ1) is 10.2. The largest absolute Gasteiger partial charge is 0.381 e. The monoisotopic (exact) mass is 235 g/mol. The molecular weight excluding hydrogens is 218 g/mol. The highest BCUT2D eigenvalue weighted by Gasteiger charge is 2.50. The third-order valence-corrected chi connectivity index (χ3v) is 4.69. The van der Waals surface area contributed by atoms with E-state index in [1.807, 2.05) is 0 Å². The maximum absolute atomic E-state index is 3.74. The van der Waals surface area contributed by atoms with Crippen LogP contribution in [0.1, 0.15) is 30.4 Å². The first-order chi connectivity index (χ1) is 8.91. The molecule has 2 aromatic carbocycles. The van der Waals surface area contributed by atoms with Gasteiger partial charge in [-0.25, -0.2) is 0 Å². The minimum atomic E-state index is 0.220. The summed E-state index contributed by atoms with van der Waals surface area (Å²) in [5, 5.41) is 3.74. The van der Waals surface area contributed by atoms with Crippen LogP contribution < -0.4 is 5.32 Å². The summed E-state index contributed by atoms with van der Waals surface area (Å²) in [5.41, 5.74) is 4.53. The standard InChI is InChI=1S/C17H17N/c1-2-7-13(8-3-1)17-12-6-11-16(17)18-15-10-5-4-9-14(15)17/h1-5,7-10,16,18H,6,11-12H2. The van der Waals surface area contributed by atoms with E-state index < -0.39 is 0 Å². The molecule has 1 fully saturated rings. The van der Waals surface area contributed by atoms with Gasteiger partial charge in [0.25, 0.3) is 0 Å². The SMILES string of the molecule is c1ccc(C23CCCC2Nc2ccccc23)cc1. The van der Waals surface area contributed by atoms with Gasteiger partial charge >= 0.3 is 0 Å². The third-order valence-electron chi connectivity index (χ3n) is 4.69. The minimum Gasteiger partial charge on any atom is -0.381 e. The van der Waals surface area contributed by atoms with E-state index in [-0.39, 0.29) is 5.41 Å². The maximum Gasteiger partial charge on any atom is 0.0424 e. The van der Waals surface area contributed by atoms with E-state index in [1.165, 1.54) is 36.1 Å². The van der Waals surface area contributed by atoms with Gasteiger partial charge in [0.15, 0.2) is 0 Å². The number of nitrogens with one attached hydrogen (secondary N) is 1. The molecule has 1 heterocycles. The van der Waals surface area contributed by atoms with Crippen molar-refractivity contribution in [3.63, 3.8) is 0 Å². The van der Waals surface area contributed by atoms with Gasteiger partial charge < -0.3 is 5.32 Å². The highest BCUT2D eigenvalue weighted by Crippen LogP contribution is 2.53. The number of benzene rings is 2. The Bertz CT molecular complexity index is 575. The van der Waals surface area contributed by atoms with Gasteiger partial charge in [-0.15, -0.1) is 0 Å². The van der Waals surface area contributed by atoms with Crippen LogP contribution in [-0.2, 0) is 5.41 Å². The lowest BCUT2D eigenvalue weighted by molar-refractivity contribution is 0.519. The fourth-order valence-electron chi connectivity index (χ4n) is 3.95. The van der Waals surface area contributed by atoms with E-state index >= 15 is 0 Å². The normalized spacial score (nSPS) is 28.6. The summed E-state index contributed by atoms with van der Waals surface area (Å²) in [5.74, 6) is 0. The van der Waals surface area contributed by atoms with Gasteiger partial charge in [-0.3, -0.25) is 0 Å². The second-order valence-electron chi connectivity index (χ2n) is 5.47. The topological polar surface area (TPSA) is 12.0 Å². The van der Waals surface area contributed by atoms with Crippen LogP contribution in [-0.4, -0.2) is 6.04 Å². The second kappa shape index (κ2) is 3.61. The Kier molecular flexibility index (Phi) is 2.05. The van der Waals surface area contributed by atoms with Crippen molar-refractivity contribution in [1.29, 1.82) is 0 Å². The molecule has 2 aromatic rings. The van der Waals surface area contributed by atoms with Gasteiger partial charge in [0.05, 0.1) is 0 Å². The molecule has 0 spiro atoms. The van der Waals surface area contributed by atoms with Crippen LogP contribution in [0.15, 0.2) is 54.6 Å². The Morgan fingerprint density at radius 2 is 1.72 bits per heavy atom. The van der Waals surface area contributed by atoms with Crippen LogP contribution in [0.25, 0.3) is 0 Å². The van der Waals surface area contributed by atoms with Gasteiger partial charge in [-0.2, -0.15) is 0 Å². The molecule has 0 aromatic heterocycles. The van der Waals surface area contributed by atoms with Gasteiger partial charge in [0, 0.05) is 17.1 Å². The molecule has 1 N–H and O–H groups in total. The molecule has 2 unspecified atom stereocenters. The lowest BCUT2D eigenvalue weighted by Gasteiger charge is -2.30. The van der Waals surface area contributed by atoms with Crippen LogP contribution in [0.2, 0.25) is 0 Å². The highest BCUT2D eigenvalue weighted by molar-refractivity contribution is 5.66. The summed E-state index contributed by atoms with van der Waals surface area (Å²) in [6, 6.07) is 20.4. The van der Waals surface area contributed by atoms with E-state index in [0.717, 1.165) is 0 Å². The molecule has 0 amide bonds. The van der Waals surface area contributed by atoms with Gasteiger partial charge in [-0.05, 0) is 30.0 Å². The van der Waals surface area contributed by atoms with Crippen molar-refractivity contribution in [2.24, 2.45) is 0 Å². The highest BCUT2D eigenvalue weighted by atomic mass is 15.0. The molecule has 2 aliphatic rings. The van der Waals surface area contributed by atoms with Crippen molar-refractivity contribution in [3.05, 3.63) is 65.7 Å². The molecule has 1 nitrogen and oxygen atoms in total. The number of para-hydroxylation sites is 1. The molecule has 90 valence electrons. The van der Waals surface area contributed by atoms with Crippen molar-refractivity contribution in [1.82, 2.24) is 0 Å². The summed E-state index contributed by atoms with van der Waals surface area (Å²) >= 11 is 0. The molecule has 2 atom stereocenters. The zero-order valence-corrected chi connectivity index (χ0v) is 10.4. The summed E-state index contributed by atoms with van der Waals surface area (Å²) in [7, 11) is 0. The van der Waals surface area contributed by atoms with Crippen LogP contribution in [0, 0.1) is 0 Å². The van der Waals surface area contributed by atoms with Crippen molar-refractivity contribution in [3.8, 4) is 0 Å². The fraction of sp³-hybridized carbons (Fsp3) is 0.294. The molecule has 4 rings (SSSR count). The first-order valence-electron chi connectivity index (χ1n) is 6.83. The Hall–Kier alpha value is -1.76. The molecule has 18 heavy (non-hydrogen) atoms. The molecule has 0 bridgehead atoms. The number of rotatable bonds is 1. The van der Waals surface area contributed by atoms with Crippen molar-refractivity contribution in [2.75, 3.05) is 5.32 Å². The number of hydrogen-bond donors (Lipinski definition) is 1. The van der Waals surface area contributed by atoms with Gasteiger partial charge in [0.2, 0.25) is 0 Å². The summed E-state index contributed by atoms with van der Waals surface area (Å²) < 4.78 is 0. The Morgan fingerprint density at radius 1 is 0.944 bits per heavy atom. The molecule has 1 saturated carbocycles. The minimum absolute atomic E-state index is 0.220. The zero-order valence-electron chi connectivity index (χ0n) is 10.4. The summed E-state index contributed by atoms with van der Waals surface area (Å²) in [6.45, 7) is 0. The van der Waals surface area contributed by atoms with Crippen LogP contribution in [0.5, 0.6) is 0 Å². The molecule has 0 radical (unpaired) electrons. The van der Waals surface area contributed by atoms with Crippen LogP contribution in [0.3, 0.4) is 0 Å². The van der Waals surface area contributed by atoms with E-state index in [9.17, 15) is 0 Å². The first-order valence-corrected chi connectivity index (χ1v) is 6.83. The summed E-state index contributed by atoms with van der Waals surface area (Å²) in [6.07, 6.45) is 3.87. The summed E-state index contributed by atoms with van der Waals surface area (Å²) in [4.78, 5) is 0. The smallest absolute Gasteiger partial charge is 0.0424 e.